The predicted molar refractivity (Wildman–Crippen MR) is 87.9 cm³/mol. The second-order valence-corrected chi connectivity index (χ2v) is 7.51. The normalized spacial score (nSPS) is 31.9. The number of fused-ring (bicyclic) bond motifs is 5. The van der Waals surface area contributed by atoms with Crippen molar-refractivity contribution in [1.82, 2.24) is 4.37 Å². The van der Waals surface area contributed by atoms with E-state index in [1.807, 2.05) is 35.8 Å². The van der Waals surface area contributed by atoms with Crippen molar-refractivity contribution in [3.05, 3.63) is 35.8 Å². The van der Waals surface area contributed by atoms with Gasteiger partial charge in [0.05, 0.1) is 17.5 Å². The third kappa shape index (κ3) is 1.80. The zero-order chi connectivity index (χ0) is 15.6. The Kier molecular flexibility index (Phi) is 2.77. The lowest BCUT2D eigenvalue weighted by Gasteiger charge is -2.19. The molecule has 2 bridgehead atoms. The smallest absolute Gasteiger partial charge is 0.237 e. The molecule has 2 amide bonds. The van der Waals surface area contributed by atoms with Gasteiger partial charge in [0.15, 0.2) is 0 Å². The van der Waals surface area contributed by atoms with Crippen molar-refractivity contribution in [2.75, 3.05) is 4.90 Å². The van der Waals surface area contributed by atoms with Crippen LogP contribution in [0.3, 0.4) is 0 Å². The Balaban J connectivity index is 1.48. The first-order chi connectivity index (χ1) is 11.2. The largest absolute Gasteiger partial charge is 0.274 e. The lowest BCUT2D eigenvalue weighted by molar-refractivity contribution is -0.123. The first-order valence-corrected chi connectivity index (χ1v) is 8.95. The Morgan fingerprint density at radius 3 is 2.17 bits per heavy atom. The number of carbonyl (C=O) groups is 2. The quantitative estimate of drug-likeness (QED) is 0.796. The summed E-state index contributed by atoms with van der Waals surface area (Å²) in [5, 5.41) is 1.99. The summed E-state index contributed by atoms with van der Waals surface area (Å²) in [5.41, 5.74) is 2.83. The molecular formula is C18H16N2O2S. The van der Waals surface area contributed by atoms with E-state index in [0.29, 0.717) is 17.5 Å². The third-order valence-electron chi connectivity index (χ3n) is 5.82. The van der Waals surface area contributed by atoms with Gasteiger partial charge in [-0.15, -0.1) is 0 Å². The maximum atomic E-state index is 12.8. The van der Waals surface area contributed by atoms with Gasteiger partial charge >= 0.3 is 0 Å². The van der Waals surface area contributed by atoms with Gasteiger partial charge in [0.2, 0.25) is 11.8 Å². The monoisotopic (exact) mass is 324 g/mol. The summed E-state index contributed by atoms with van der Waals surface area (Å²) in [6, 6.07) is 7.68. The molecule has 2 saturated carbocycles. The van der Waals surface area contributed by atoms with Gasteiger partial charge < -0.3 is 0 Å². The van der Waals surface area contributed by atoms with E-state index >= 15 is 0 Å². The first-order valence-electron chi connectivity index (χ1n) is 8.11. The van der Waals surface area contributed by atoms with Gasteiger partial charge in [-0.05, 0) is 60.3 Å². The van der Waals surface area contributed by atoms with Gasteiger partial charge in [0.25, 0.3) is 0 Å². The Morgan fingerprint density at radius 2 is 1.61 bits per heavy atom. The van der Waals surface area contributed by atoms with Crippen LogP contribution in [-0.4, -0.2) is 16.2 Å². The van der Waals surface area contributed by atoms with E-state index in [1.165, 1.54) is 16.4 Å². The highest BCUT2D eigenvalue weighted by molar-refractivity contribution is 7.03. The van der Waals surface area contributed by atoms with Gasteiger partial charge in [0.1, 0.15) is 0 Å². The number of aromatic nitrogens is 1. The van der Waals surface area contributed by atoms with E-state index in [4.69, 9.17) is 0 Å². The molecule has 0 unspecified atom stereocenters. The molecule has 0 spiro atoms. The Morgan fingerprint density at radius 1 is 0.957 bits per heavy atom. The van der Waals surface area contributed by atoms with Crippen molar-refractivity contribution in [2.45, 2.75) is 19.3 Å². The number of anilines is 1. The third-order valence-corrected chi connectivity index (χ3v) is 6.41. The van der Waals surface area contributed by atoms with Gasteiger partial charge in [-0.2, -0.15) is 0 Å². The summed E-state index contributed by atoms with van der Waals surface area (Å²) < 4.78 is 4.11. The van der Waals surface area contributed by atoms with Crippen molar-refractivity contribution in [2.24, 2.45) is 23.7 Å². The predicted octanol–water partition coefficient (Wildman–Crippen LogP) is 3.35. The fourth-order valence-electron chi connectivity index (χ4n) is 4.81. The van der Waals surface area contributed by atoms with E-state index in [9.17, 15) is 9.59 Å². The van der Waals surface area contributed by atoms with E-state index in [1.54, 1.807) is 0 Å². The summed E-state index contributed by atoms with van der Waals surface area (Å²) in [7, 11) is 0. The summed E-state index contributed by atoms with van der Waals surface area (Å²) in [5.74, 6) is 0.809. The lowest BCUT2D eigenvalue weighted by atomic mass is 9.81. The molecule has 1 saturated heterocycles. The molecule has 5 rings (SSSR count). The molecule has 4 nitrogen and oxygen atoms in total. The van der Waals surface area contributed by atoms with Crippen molar-refractivity contribution in [3.8, 4) is 11.1 Å². The maximum Gasteiger partial charge on any atom is 0.237 e. The average molecular weight is 324 g/mol. The number of hydrogen-bond acceptors (Lipinski definition) is 4. The number of imide groups is 1. The molecule has 3 aliphatic rings. The summed E-state index contributed by atoms with van der Waals surface area (Å²) in [6.45, 7) is 0. The summed E-state index contributed by atoms with van der Waals surface area (Å²) in [4.78, 5) is 27.0. The van der Waals surface area contributed by atoms with Crippen LogP contribution in [0.5, 0.6) is 0 Å². The number of benzene rings is 1. The molecule has 5 heteroatoms. The highest BCUT2D eigenvalue weighted by Gasteiger charge is 2.61. The molecular weight excluding hydrogens is 308 g/mol. The maximum absolute atomic E-state index is 12.8. The zero-order valence-electron chi connectivity index (χ0n) is 12.5. The molecule has 116 valence electrons. The molecule has 3 fully saturated rings. The van der Waals surface area contributed by atoms with E-state index in [2.05, 4.69) is 4.37 Å². The Labute approximate surface area is 138 Å². The number of nitrogens with zero attached hydrogens (tertiary/aromatic N) is 2. The Hall–Kier alpha value is -2.01. The fourth-order valence-corrected chi connectivity index (χ4v) is 5.36. The van der Waals surface area contributed by atoms with Gasteiger partial charge in [0, 0.05) is 17.1 Å². The molecule has 1 aromatic carbocycles. The number of carbonyl (C=O) groups excluding carboxylic acids is 2. The molecule has 1 aliphatic heterocycles. The molecule has 2 heterocycles. The topological polar surface area (TPSA) is 50.3 Å². The van der Waals surface area contributed by atoms with Gasteiger partial charge in [-0.1, -0.05) is 12.1 Å². The standard InChI is InChI=1S/C18H16N2O2S/c21-17-15-11-1-2-12(7-11)16(15)18(22)20(17)14-5-3-10(4-6-14)13-8-19-23-9-13/h3-6,8-9,11-12,15-16H,1-2,7H2/t11-,12-,15-,16+/m1/s1. The van der Waals surface area contributed by atoms with Crippen LogP contribution in [0.25, 0.3) is 11.1 Å². The van der Waals surface area contributed by atoms with Crippen LogP contribution >= 0.6 is 11.5 Å². The van der Waals surface area contributed by atoms with Crippen LogP contribution in [0.15, 0.2) is 35.8 Å². The van der Waals surface area contributed by atoms with Crippen LogP contribution in [-0.2, 0) is 9.59 Å². The lowest BCUT2D eigenvalue weighted by Crippen LogP contribution is -2.32. The van der Waals surface area contributed by atoms with Gasteiger partial charge in [-0.3, -0.25) is 14.5 Å². The SMILES string of the molecule is O=C1[C@@H]2[C@@H]3CC[C@H](C3)[C@@H]2C(=O)N1c1ccc(-c2cnsc2)cc1. The molecule has 2 aliphatic carbocycles. The van der Waals surface area contributed by atoms with Crippen molar-refractivity contribution < 1.29 is 9.59 Å². The van der Waals surface area contributed by atoms with Crippen LogP contribution < -0.4 is 4.90 Å². The molecule has 1 aromatic heterocycles. The molecule has 4 atom stereocenters. The average Bonchev–Trinajstić information content (AvgIpc) is 3.33. The zero-order valence-corrected chi connectivity index (χ0v) is 13.3. The van der Waals surface area contributed by atoms with Crippen LogP contribution in [0.4, 0.5) is 5.69 Å². The number of rotatable bonds is 2. The summed E-state index contributed by atoms with van der Waals surface area (Å²) >= 11 is 1.41. The fraction of sp³-hybridized carbons (Fsp3) is 0.389. The van der Waals surface area contributed by atoms with Crippen molar-refractivity contribution >= 4 is 29.0 Å². The second-order valence-electron chi connectivity index (χ2n) is 6.86. The van der Waals surface area contributed by atoms with Crippen LogP contribution in [0.1, 0.15) is 19.3 Å². The van der Waals surface area contributed by atoms with Crippen LogP contribution in [0.2, 0.25) is 0 Å². The van der Waals surface area contributed by atoms with E-state index in [-0.39, 0.29) is 23.7 Å². The van der Waals surface area contributed by atoms with Crippen molar-refractivity contribution in [3.63, 3.8) is 0 Å². The number of amides is 2. The minimum Gasteiger partial charge on any atom is -0.274 e. The highest BCUT2D eigenvalue weighted by Crippen LogP contribution is 2.56. The molecule has 0 radical (unpaired) electrons. The number of hydrogen-bond donors (Lipinski definition) is 0. The minimum absolute atomic E-state index is 0.0251. The van der Waals surface area contributed by atoms with E-state index in [0.717, 1.165) is 30.4 Å². The summed E-state index contributed by atoms with van der Waals surface area (Å²) in [6.07, 6.45) is 5.13. The van der Waals surface area contributed by atoms with E-state index < -0.39 is 0 Å². The molecule has 23 heavy (non-hydrogen) atoms. The first kappa shape index (κ1) is 13.4. The Bertz CT molecular complexity index is 756. The molecule has 0 N–H and O–H groups in total. The van der Waals surface area contributed by atoms with Gasteiger partial charge in [-0.25, -0.2) is 4.37 Å². The van der Waals surface area contributed by atoms with Crippen LogP contribution in [0, 0.1) is 23.7 Å². The highest BCUT2D eigenvalue weighted by atomic mass is 32.1. The minimum atomic E-state index is -0.0537. The van der Waals surface area contributed by atoms with Crippen molar-refractivity contribution in [1.29, 1.82) is 0 Å². The second kappa shape index (κ2) is 4.74. The molecule has 2 aromatic rings.